The number of ether oxygens (including phenoxy) is 1. The largest absolute Gasteiger partial charge is 0.510 e. The zero-order valence-corrected chi connectivity index (χ0v) is 23.2. The summed E-state index contributed by atoms with van der Waals surface area (Å²) in [6.45, 7) is 2.58. The van der Waals surface area contributed by atoms with Crippen LogP contribution in [0.25, 0.3) is 0 Å². The fourth-order valence-corrected chi connectivity index (χ4v) is 7.39. The van der Waals surface area contributed by atoms with Crippen LogP contribution in [0.1, 0.15) is 60.5 Å². The van der Waals surface area contributed by atoms with Crippen molar-refractivity contribution in [3.8, 4) is 11.5 Å². The molecule has 40 heavy (non-hydrogen) atoms. The van der Waals surface area contributed by atoms with Crippen molar-refractivity contribution in [2.45, 2.75) is 69.2 Å². The first-order valence-corrected chi connectivity index (χ1v) is 13.6. The number of hydrogen-bond donors (Lipinski definition) is 6. The maximum Gasteiger partial charge on any atom is 0.255 e. The summed E-state index contributed by atoms with van der Waals surface area (Å²) in [5.74, 6) is -6.30. The van der Waals surface area contributed by atoms with E-state index in [0.717, 1.165) is 25.7 Å². The van der Waals surface area contributed by atoms with Gasteiger partial charge in [-0.2, -0.15) is 0 Å². The van der Waals surface area contributed by atoms with Gasteiger partial charge in [0.05, 0.1) is 18.7 Å². The van der Waals surface area contributed by atoms with E-state index in [4.69, 9.17) is 10.5 Å². The van der Waals surface area contributed by atoms with Crippen LogP contribution in [-0.4, -0.2) is 81.2 Å². The maximum atomic E-state index is 13.9. The molecule has 7 N–H and O–H groups in total. The van der Waals surface area contributed by atoms with E-state index in [2.05, 4.69) is 12.2 Å². The number of primary amides is 1. The lowest BCUT2D eigenvalue weighted by Crippen LogP contribution is -2.63. The van der Waals surface area contributed by atoms with E-state index in [9.17, 15) is 34.8 Å². The first-order valence-electron chi connectivity index (χ1n) is 13.6. The number of benzene rings is 1. The zero-order valence-electron chi connectivity index (χ0n) is 23.2. The van der Waals surface area contributed by atoms with Gasteiger partial charge in [-0.05, 0) is 58.7 Å². The average molecular weight is 556 g/mol. The van der Waals surface area contributed by atoms with Crippen LogP contribution in [0.2, 0.25) is 0 Å². The Labute approximate surface area is 232 Å². The summed E-state index contributed by atoms with van der Waals surface area (Å²) >= 11 is 0. The smallest absolute Gasteiger partial charge is 0.255 e. The van der Waals surface area contributed by atoms with Gasteiger partial charge in [-0.25, -0.2) is 0 Å². The minimum Gasteiger partial charge on any atom is -0.510 e. The van der Waals surface area contributed by atoms with E-state index in [1.807, 2.05) is 0 Å². The molecule has 1 aromatic rings. The Kier molecular flexibility index (Phi) is 6.75. The number of fused-ring (bicyclic) bond motifs is 3. The number of rotatable bonds is 6. The van der Waals surface area contributed by atoms with Crippen molar-refractivity contribution in [3.63, 3.8) is 0 Å². The molecular formula is C29H37N3O8. The van der Waals surface area contributed by atoms with Gasteiger partial charge >= 0.3 is 0 Å². The summed E-state index contributed by atoms with van der Waals surface area (Å²) in [5, 5.41) is 48.6. The van der Waals surface area contributed by atoms with Gasteiger partial charge in [-0.3, -0.25) is 19.3 Å². The molecule has 216 valence electrons. The minimum atomic E-state index is -2.66. The van der Waals surface area contributed by atoms with Crippen LogP contribution in [0, 0.1) is 11.8 Å². The highest BCUT2D eigenvalue weighted by atomic mass is 16.5. The van der Waals surface area contributed by atoms with Gasteiger partial charge in [-0.15, -0.1) is 0 Å². The number of carbonyl (C=O) groups is 3. The molecule has 4 aliphatic carbocycles. The number of nitrogens with one attached hydrogen (secondary N) is 1. The second kappa shape index (κ2) is 9.60. The van der Waals surface area contributed by atoms with Gasteiger partial charge in [0.25, 0.3) is 5.91 Å². The molecule has 0 heterocycles. The first-order chi connectivity index (χ1) is 18.8. The second-order valence-corrected chi connectivity index (χ2v) is 12.0. The molecular weight excluding hydrogens is 518 g/mol. The highest BCUT2D eigenvalue weighted by Gasteiger charge is 2.63. The lowest BCUT2D eigenvalue weighted by atomic mass is 9.58. The third-order valence-corrected chi connectivity index (χ3v) is 9.37. The predicted octanol–water partition coefficient (Wildman–Crippen LogP) is 1.55. The van der Waals surface area contributed by atoms with Crippen molar-refractivity contribution in [3.05, 3.63) is 45.4 Å². The minimum absolute atomic E-state index is 0.0240. The lowest BCUT2D eigenvalue weighted by molar-refractivity contribution is -0.148. The number of nitrogens with two attached hydrogens (primary N) is 1. The molecule has 1 aromatic carbocycles. The van der Waals surface area contributed by atoms with E-state index in [1.54, 1.807) is 14.1 Å². The number of phenolic OH excluding ortho intramolecular Hbond substituents is 1. The topological polar surface area (TPSA) is 183 Å². The number of amides is 1. The predicted molar refractivity (Wildman–Crippen MR) is 144 cm³/mol. The van der Waals surface area contributed by atoms with Gasteiger partial charge in [0.2, 0.25) is 5.78 Å². The van der Waals surface area contributed by atoms with E-state index >= 15 is 0 Å². The molecule has 4 atom stereocenters. The van der Waals surface area contributed by atoms with Gasteiger partial charge in [0.1, 0.15) is 28.6 Å². The number of methoxy groups -OCH3 is 1. The summed E-state index contributed by atoms with van der Waals surface area (Å²) in [5.41, 5.74) is 2.77. The van der Waals surface area contributed by atoms with Crippen LogP contribution in [-0.2, 0) is 22.6 Å². The van der Waals surface area contributed by atoms with Crippen molar-refractivity contribution < 1.29 is 39.5 Å². The number of allylic oxidation sites excluding steroid dienone is 1. The molecule has 0 radical (unpaired) electrons. The molecule has 0 spiro atoms. The summed E-state index contributed by atoms with van der Waals surface area (Å²) < 4.78 is 5.77. The maximum absolute atomic E-state index is 13.9. The highest BCUT2D eigenvalue weighted by Crippen LogP contribution is 2.53. The Bertz CT molecular complexity index is 1370. The third-order valence-electron chi connectivity index (χ3n) is 9.37. The molecule has 0 unspecified atom stereocenters. The number of hydrogen-bond acceptors (Lipinski definition) is 10. The van der Waals surface area contributed by atoms with Crippen molar-refractivity contribution in [1.82, 2.24) is 10.2 Å². The molecule has 11 heteroatoms. The van der Waals surface area contributed by atoms with Crippen molar-refractivity contribution >= 4 is 17.5 Å². The van der Waals surface area contributed by atoms with Gasteiger partial charge in [0, 0.05) is 34.7 Å². The zero-order chi connectivity index (χ0) is 29.3. The standard InChI is InChI=1S/C29H37N3O8/c1-28(7-5-6-8-28)31-12-14-11-17(33)19-15(24(14)40-4)9-13-10-16-21(32(2)3)23(35)20(27(30)38)26(37)29(16,39)25(36)18(13)22(19)34/h11,13,16,21,31,33,35-36,39H,5-10,12H2,1-4H3,(H2,30,38)/t13-,16-,21-,29-/m0/s1. The van der Waals surface area contributed by atoms with Crippen LogP contribution in [0.5, 0.6) is 11.5 Å². The fourth-order valence-electron chi connectivity index (χ4n) is 7.39. The van der Waals surface area contributed by atoms with Crippen LogP contribution in [0.3, 0.4) is 0 Å². The summed E-state index contributed by atoms with van der Waals surface area (Å²) in [6, 6.07) is 0.433. The number of phenols is 1. The van der Waals surface area contributed by atoms with Crippen LogP contribution >= 0.6 is 0 Å². The van der Waals surface area contributed by atoms with E-state index in [1.165, 1.54) is 18.1 Å². The SMILES string of the molecule is COc1c(CNC2(C)CCCC2)cc(O)c2c1C[C@H]1C[C@H]3[C@H](N(C)C)C(O)=C(C(N)=O)C(=O)[C@@]3(O)C(O)=C1C2=O. The molecule has 5 rings (SSSR count). The highest BCUT2D eigenvalue weighted by molar-refractivity contribution is 6.24. The van der Waals surface area contributed by atoms with Crippen molar-refractivity contribution in [1.29, 1.82) is 0 Å². The van der Waals surface area contributed by atoms with Crippen LogP contribution in [0.15, 0.2) is 28.7 Å². The average Bonchev–Trinajstić information content (AvgIpc) is 3.31. The molecule has 0 aliphatic heterocycles. The Morgan fingerprint density at radius 3 is 2.42 bits per heavy atom. The molecule has 1 fully saturated rings. The van der Waals surface area contributed by atoms with E-state index in [-0.39, 0.29) is 35.3 Å². The number of aromatic hydroxyl groups is 1. The molecule has 4 aliphatic rings. The molecule has 1 saturated carbocycles. The quantitative estimate of drug-likeness (QED) is 0.282. The molecule has 0 bridgehead atoms. The number of aliphatic hydroxyl groups is 3. The Morgan fingerprint density at radius 1 is 1.20 bits per heavy atom. The monoisotopic (exact) mass is 555 g/mol. The van der Waals surface area contributed by atoms with E-state index < -0.39 is 58.0 Å². The first kappa shape index (κ1) is 28.1. The van der Waals surface area contributed by atoms with Crippen molar-refractivity contribution in [2.75, 3.05) is 21.2 Å². The normalized spacial score (nSPS) is 29.4. The number of nitrogens with zero attached hydrogens (tertiary/aromatic N) is 1. The molecule has 11 nitrogen and oxygen atoms in total. The van der Waals surface area contributed by atoms with Gasteiger partial charge < -0.3 is 36.2 Å². The van der Waals surface area contributed by atoms with Gasteiger partial charge in [0.15, 0.2) is 11.4 Å². The third kappa shape index (κ3) is 3.93. The Morgan fingerprint density at radius 2 is 1.85 bits per heavy atom. The molecule has 1 amide bonds. The number of aliphatic hydroxyl groups excluding tert-OH is 2. The Balaban J connectivity index is 1.62. The van der Waals surface area contributed by atoms with Gasteiger partial charge in [-0.1, -0.05) is 12.8 Å². The van der Waals surface area contributed by atoms with E-state index in [0.29, 0.717) is 23.4 Å². The second-order valence-electron chi connectivity index (χ2n) is 12.0. The molecule has 0 saturated heterocycles. The van der Waals surface area contributed by atoms with Crippen molar-refractivity contribution in [2.24, 2.45) is 17.6 Å². The number of likely N-dealkylation sites (N-methyl/N-ethyl adjacent to an activating group) is 1. The number of ketones is 2. The Hall–Kier alpha value is -3.41. The number of carbonyl (C=O) groups excluding carboxylic acids is 3. The summed E-state index contributed by atoms with van der Waals surface area (Å²) in [6.07, 6.45) is 4.55. The van der Waals surface area contributed by atoms with Crippen LogP contribution in [0.4, 0.5) is 0 Å². The lowest BCUT2D eigenvalue weighted by Gasteiger charge is -2.50. The fraction of sp³-hybridized carbons (Fsp3) is 0.552. The molecule has 0 aromatic heterocycles. The summed E-state index contributed by atoms with van der Waals surface area (Å²) in [7, 11) is 4.69. The number of Topliss-reactive ketones (excluding diaryl/α,β-unsaturated/α-hetero) is 2. The van der Waals surface area contributed by atoms with Crippen LogP contribution < -0.4 is 15.8 Å². The summed E-state index contributed by atoms with van der Waals surface area (Å²) in [4.78, 5) is 40.9.